The lowest BCUT2D eigenvalue weighted by Gasteiger charge is -2.11. The van der Waals surface area contributed by atoms with Crippen molar-refractivity contribution in [3.63, 3.8) is 0 Å². The van der Waals surface area contributed by atoms with E-state index in [9.17, 15) is 9.46 Å². The first-order chi connectivity index (χ1) is 8.12. The molecule has 0 aliphatic heterocycles. The van der Waals surface area contributed by atoms with Crippen molar-refractivity contribution in [1.29, 1.82) is 0 Å². The highest BCUT2D eigenvalue weighted by atomic mass is 31.2. The van der Waals surface area contributed by atoms with Crippen LogP contribution in [-0.4, -0.2) is 57.7 Å². The summed E-state index contributed by atoms with van der Waals surface area (Å²) < 4.78 is 26.1. The van der Waals surface area contributed by atoms with Gasteiger partial charge < -0.3 is 24.2 Å². The highest BCUT2D eigenvalue weighted by Gasteiger charge is 2.17. The van der Waals surface area contributed by atoms with E-state index in [4.69, 9.17) is 14.0 Å². The first kappa shape index (κ1) is 17.0. The molecule has 0 bridgehead atoms. The number of ether oxygens (including phenoxy) is 2. The lowest BCUT2D eigenvalue weighted by Crippen LogP contribution is -2.22. The maximum Gasteiger partial charge on any atom is 0.330 e. The summed E-state index contributed by atoms with van der Waals surface area (Å²) in [5.41, 5.74) is 0. The zero-order chi connectivity index (χ0) is 13.0. The predicted molar refractivity (Wildman–Crippen MR) is 66.5 cm³/mol. The summed E-state index contributed by atoms with van der Waals surface area (Å²) in [6.45, 7) is 5.06. The van der Waals surface area contributed by atoms with E-state index < -0.39 is 7.60 Å². The van der Waals surface area contributed by atoms with Crippen LogP contribution < -0.4 is 5.32 Å². The van der Waals surface area contributed by atoms with E-state index in [2.05, 4.69) is 5.32 Å². The average Bonchev–Trinajstić information content (AvgIpc) is 2.27. The fourth-order valence-electron chi connectivity index (χ4n) is 1.16. The summed E-state index contributed by atoms with van der Waals surface area (Å²) in [6.07, 6.45) is 1.01. The van der Waals surface area contributed by atoms with Gasteiger partial charge in [-0.1, -0.05) is 0 Å². The molecule has 0 radical (unpaired) electrons. The second-order valence-electron chi connectivity index (χ2n) is 3.49. The molecule has 0 aromatic heterocycles. The van der Waals surface area contributed by atoms with Crippen LogP contribution in [0.5, 0.6) is 0 Å². The average molecular weight is 269 g/mol. The van der Waals surface area contributed by atoms with Gasteiger partial charge in [0.05, 0.1) is 26.0 Å². The summed E-state index contributed by atoms with van der Waals surface area (Å²) in [6, 6.07) is 0. The van der Waals surface area contributed by atoms with E-state index >= 15 is 0 Å². The van der Waals surface area contributed by atoms with E-state index in [1.807, 2.05) is 0 Å². The minimum absolute atomic E-state index is 0.0461. The molecule has 2 N–H and O–H groups in total. The maximum absolute atomic E-state index is 11.2. The summed E-state index contributed by atoms with van der Waals surface area (Å²) in [7, 11) is -1.75. The fraction of sp³-hybridized carbons (Fsp3) is 1.00. The quantitative estimate of drug-likeness (QED) is 0.404. The Kier molecular flexibility index (Phi) is 11.2. The van der Waals surface area contributed by atoms with Crippen LogP contribution in [0, 0.1) is 0 Å². The van der Waals surface area contributed by atoms with Gasteiger partial charge in [-0.05, 0) is 19.9 Å². The van der Waals surface area contributed by atoms with E-state index in [-0.39, 0.29) is 19.4 Å². The third kappa shape index (κ3) is 12.3. The number of methoxy groups -OCH3 is 1. The van der Waals surface area contributed by atoms with Gasteiger partial charge in [-0.2, -0.15) is 0 Å². The standard InChI is InChI=1S/C10H24NO5P/c1-3-16-17(12,13)10-9-15-8-6-11-5-4-7-14-2/h11H,3-10H2,1-2H3,(H,12,13). The minimum atomic E-state index is -3.42. The Morgan fingerprint density at radius 3 is 2.65 bits per heavy atom. The van der Waals surface area contributed by atoms with Crippen LogP contribution in [0.4, 0.5) is 0 Å². The molecule has 0 fully saturated rings. The Balaban J connectivity index is 3.21. The van der Waals surface area contributed by atoms with Gasteiger partial charge in [0.2, 0.25) is 0 Å². The molecule has 1 unspecified atom stereocenters. The summed E-state index contributed by atoms with van der Waals surface area (Å²) in [4.78, 5) is 9.24. The fourth-order valence-corrected chi connectivity index (χ4v) is 2.05. The smallest absolute Gasteiger partial charge is 0.330 e. The van der Waals surface area contributed by atoms with Crippen molar-refractivity contribution in [3.8, 4) is 0 Å². The minimum Gasteiger partial charge on any atom is -0.385 e. The van der Waals surface area contributed by atoms with Gasteiger partial charge in [-0.3, -0.25) is 4.57 Å². The Morgan fingerprint density at radius 1 is 1.24 bits per heavy atom. The van der Waals surface area contributed by atoms with Crippen LogP contribution in [0.15, 0.2) is 0 Å². The molecular formula is C10H24NO5P. The highest BCUT2D eigenvalue weighted by molar-refractivity contribution is 7.52. The number of nitrogens with one attached hydrogen (secondary N) is 1. The molecule has 0 saturated carbocycles. The van der Waals surface area contributed by atoms with Crippen molar-refractivity contribution in [2.45, 2.75) is 13.3 Å². The van der Waals surface area contributed by atoms with Crippen molar-refractivity contribution in [1.82, 2.24) is 5.32 Å². The third-order valence-corrected chi connectivity index (χ3v) is 3.38. The topological polar surface area (TPSA) is 77.0 Å². The summed E-state index contributed by atoms with van der Waals surface area (Å²) in [5, 5.41) is 3.18. The molecule has 0 aliphatic rings. The largest absolute Gasteiger partial charge is 0.385 e. The van der Waals surface area contributed by atoms with Crippen molar-refractivity contribution in [2.75, 3.05) is 52.8 Å². The molecule has 0 spiro atoms. The number of hydrogen-bond acceptors (Lipinski definition) is 5. The lowest BCUT2D eigenvalue weighted by molar-refractivity contribution is 0.143. The zero-order valence-corrected chi connectivity index (χ0v) is 11.6. The van der Waals surface area contributed by atoms with Crippen LogP contribution in [-0.2, 0) is 18.6 Å². The molecule has 17 heavy (non-hydrogen) atoms. The second kappa shape index (κ2) is 11.1. The van der Waals surface area contributed by atoms with Crippen LogP contribution in [0.1, 0.15) is 13.3 Å². The molecule has 0 saturated heterocycles. The molecule has 0 aliphatic carbocycles. The van der Waals surface area contributed by atoms with Crippen LogP contribution >= 0.6 is 7.60 Å². The Bertz CT molecular complexity index is 215. The first-order valence-electron chi connectivity index (χ1n) is 5.86. The summed E-state index contributed by atoms with van der Waals surface area (Å²) >= 11 is 0. The third-order valence-electron chi connectivity index (χ3n) is 1.97. The van der Waals surface area contributed by atoms with E-state index in [1.54, 1.807) is 14.0 Å². The van der Waals surface area contributed by atoms with Crippen LogP contribution in [0.25, 0.3) is 0 Å². The normalized spacial score (nSPS) is 14.8. The lowest BCUT2D eigenvalue weighted by atomic mass is 10.4. The van der Waals surface area contributed by atoms with Crippen molar-refractivity contribution in [3.05, 3.63) is 0 Å². The predicted octanol–water partition coefficient (Wildman–Crippen LogP) is 0.851. The van der Waals surface area contributed by atoms with Crippen molar-refractivity contribution >= 4 is 7.60 Å². The number of rotatable bonds is 12. The van der Waals surface area contributed by atoms with Crippen molar-refractivity contribution in [2.24, 2.45) is 0 Å². The van der Waals surface area contributed by atoms with E-state index in [0.29, 0.717) is 6.61 Å². The van der Waals surface area contributed by atoms with Gasteiger partial charge in [0.25, 0.3) is 0 Å². The van der Waals surface area contributed by atoms with Crippen molar-refractivity contribution < 1.29 is 23.5 Å². The first-order valence-corrected chi connectivity index (χ1v) is 7.62. The molecule has 6 nitrogen and oxygen atoms in total. The molecule has 0 aromatic rings. The van der Waals surface area contributed by atoms with E-state index in [1.165, 1.54) is 0 Å². The van der Waals surface area contributed by atoms with E-state index in [0.717, 1.165) is 26.1 Å². The van der Waals surface area contributed by atoms with Crippen LogP contribution in [0.2, 0.25) is 0 Å². The van der Waals surface area contributed by atoms with Gasteiger partial charge >= 0.3 is 7.60 Å². The van der Waals surface area contributed by atoms with Crippen LogP contribution in [0.3, 0.4) is 0 Å². The Labute approximate surface area is 103 Å². The number of hydrogen-bond donors (Lipinski definition) is 2. The van der Waals surface area contributed by atoms with Gasteiger partial charge in [0.1, 0.15) is 0 Å². The van der Waals surface area contributed by atoms with Gasteiger partial charge in [0, 0.05) is 20.3 Å². The molecule has 0 heterocycles. The Morgan fingerprint density at radius 2 is 2.00 bits per heavy atom. The molecule has 0 aromatic carbocycles. The summed E-state index contributed by atoms with van der Waals surface area (Å²) in [5.74, 6) is 0. The highest BCUT2D eigenvalue weighted by Crippen LogP contribution is 2.40. The SMILES string of the molecule is CCOP(=O)(O)CCOCCNCCCOC. The molecule has 104 valence electrons. The van der Waals surface area contributed by atoms with Gasteiger partial charge in [-0.15, -0.1) is 0 Å². The molecule has 0 amide bonds. The molecular weight excluding hydrogens is 245 g/mol. The maximum atomic E-state index is 11.2. The Hall–Kier alpha value is 0.0300. The van der Waals surface area contributed by atoms with Gasteiger partial charge in [-0.25, -0.2) is 0 Å². The molecule has 0 rings (SSSR count). The second-order valence-corrected chi connectivity index (χ2v) is 5.47. The zero-order valence-electron chi connectivity index (χ0n) is 10.7. The molecule has 7 heteroatoms. The molecule has 1 atom stereocenters. The monoisotopic (exact) mass is 269 g/mol. The van der Waals surface area contributed by atoms with Gasteiger partial charge in [0.15, 0.2) is 0 Å².